The van der Waals surface area contributed by atoms with Gasteiger partial charge in [-0.15, -0.1) is 0 Å². The van der Waals surface area contributed by atoms with Crippen molar-refractivity contribution >= 4 is 17.4 Å². The van der Waals surface area contributed by atoms with Crippen molar-refractivity contribution in [1.29, 1.82) is 0 Å². The van der Waals surface area contributed by atoms with Crippen LogP contribution in [0.2, 0.25) is 0 Å². The van der Waals surface area contributed by atoms with E-state index >= 15 is 0 Å². The second kappa shape index (κ2) is 10.8. The molecule has 3 aromatic rings. The Bertz CT molecular complexity index is 983. The van der Waals surface area contributed by atoms with Crippen LogP contribution in [0.15, 0.2) is 84.0 Å². The van der Waals surface area contributed by atoms with Crippen LogP contribution in [0.5, 0.6) is 0 Å². The van der Waals surface area contributed by atoms with E-state index in [2.05, 4.69) is 22.6 Å². The summed E-state index contributed by atoms with van der Waals surface area (Å²) in [6.45, 7) is 0.792. The summed E-state index contributed by atoms with van der Waals surface area (Å²) in [6.07, 6.45) is 1.57. The van der Waals surface area contributed by atoms with Crippen molar-refractivity contribution in [3.05, 3.63) is 101 Å². The lowest BCUT2D eigenvalue weighted by Gasteiger charge is -2.10. The van der Waals surface area contributed by atoms with E-state index in [4.69, 9.17) is 9.94 Å². The number of aryl methyl sites for hydroxylation is 1. The van der Waals surface area contributed by atoms with Gasteiger partial charge in [-0.3, -0.25) is 4.79 Å². The Morgan fingerprint density at radius 3 is 2.33 bits per heavy atom. The minimum Gasteiger partial charge on any atom is -0.481 e. The lowest BCUT2D eigenvalue weighted by Crippen LogP contribution is -2.07. The Morgan fingerprint density at radius 2 is 1.63 bits per heavy atom. The van der Waals surface area contributed by atoms with Gasteiger partial charge in [0.25, 0.3) is 0 Å². The minimum atomic E-state index is -0.773. The number of aliphatic carboxylic acids is 1. The lowest BCUT2D eigenvalue weighted by molar-refractivity contribution is -0.136. The quantitative estimate of drug-likeness (QED) is 0.379. The molecule has 5 heteroatoms. The molecule has 3 rings (SSSR count). The summed E-state index contributed by atoms with van der Waals surface area (Å²) in [7, 11) is 1.56. The molecule has 3 aromatic carbocycles. The van der Waals surface area contributed by atoms with Crippen molar-refractivity contribution in [2.45, 2.75) is 19.3 Å². The van der Waals surface area contributed by atoms with Gasteiger partial charge in [-0.25, -0.2) is 0 Å². The molecule has 0 saturated heterocycles. The Morgan fingerprint density at radius 1 is 0.900 bits per heavy atom. The first-order valence-electron chi connectivity index (χ1n) is 9.96. The van der Waals surface area contributed by atoms with Crippen molar-refractivity contribution in [3.63, 3.8) is 0 Å². The van der Waals surface area contributed by atoms with Gasteiger partial charge in [0.1, 0.15) is 12.8 Å². The summed E-state index contributed by atoms with van der Waals surface area (Å²) in [5.41, 5.74) is 6.10. The van der Waals surface area contributed by atoms with Crippen LogP contribution in [0.4, 0.5) is 5.69 Å². The number of carboxylic acid groups (broad SMARTS) is 1. The van der Waals surface area contributed by atoms with Crippen LogP contribution in [0, 0.1) is 0 Å². The van der Waals surface area contributed by atoms with Gasteiger partial charge in [-0.05, 0) is 42.2 Å². The largest absolute Gasteiger partial charge is 0.481 e. The second-order valence-electron chi connectivity index (χ2n) is 6.96. The monoisotopic (exact) mass is 402 g/mol. The Balaban J connectivity index is 1.60. The van der Waals surface area contributed by atoms with Gasteiger partial charge in [0, 0.05) is 29.8 Å². The van der Waals surface area contributed by atoms with Crippen LogP contribution < -0.4 is 5.32 Å². The number of anilines is 1. The zero-order chi connectivity index (χ0) is 21.2. The molecule has 30 heavy (non-hydrogen) atoms. The van der Waals surface area contributed by atoms with E-state index in [1.165, 1.54) is 5.56 Å². The fraction of sp³-hybridized carbons (Fsp3) is 0.200. The molecule has 2 N–H and O–H groups in total. The van der Waals surface area contributed by atoms with Crippen molar-refractivity contribution in [2.75, 3.05) is 19.0 Å². The van der Waals surface area contributed by atoms with Gasteiger partial charge >= 0.3 is 5.97 Å². The van der Waals surface area contributed by atoms with Crippen molar-refractivity contribution in [1.82, 2.24) is 0 Å². The molecule has 0 aliphatic heterocycles. The van der Waals surface area contributed by atoms with Gasteiger partial charge in [0.15, 0.2) is 0 Å². The summed E-state index contributed by atoms with van der Waals surface area (Å²) in [5, 5.41) is 16.4. The Labute approximate surface area is 177 Å². The van der Waals surface area contributed by atoms with Crippen molar-refractivity contribution in [3.8, 4) is 0 Å². The predicted octanol–water partition coefficient (Wildman–Crippen LogP) is 4.76. The van der Waals surface area contributed by atoms with Crippen LogP contribution in [0.1, 0.15) is 28.7 Å². The maximum Gasteiger partial charge on any atom is 0.303 e. The number of hydrogen-bond acceptors (Lipinski definition) is 4. The molecular formula is C25H26N2O3. The van der Waals surface area contributed by atoms with Crippen LogP contribution in [-0.4, -0.2) is 30.4 Å². The number of hydrogen-bond donors (Lipinski definition) is 2. The van der Waals surface area contributed by atoms with Crippen molar-refractivity contribution in [2.24, 2.45) is 5.16 Å². The molecule has 0 amide bonds. The van der Waals surface area contributed by atoms with Gasteiger partial charge < -0.3 is 15.3 Å². The molecular weight excluding hydrogens is 376 g/mol. The van der Waals surface area contributed by atoms with Crippen LogP contribution in [0.3, 0.4) is 0 Å². The van der Waals surface area contributed by atoms with Crippen LogP contribution in [0.25, 0.3) is 0 Å². The fourth-order valence-corrected chi connectivity index (χ4v) is 3.23. The molecule has 0 aliphatic rings. The van der Waals surface area contributed by atoms with E-state index in [9.17, 15) is 4.79 Å². The summed E-state index contributed by atoms with van der Waals surface area (Å²) in [6, 6.07) is 26.2. The van der Waals surface area contributed by atoms with E-state index < -0.39 is 5.97 Å². The molecule has 0 heterocycles. The van der Waals surface area contributed by atoms with Gasteiger partial charge in [0.05, 0.1) is 0 Å². The third kappa shape index (κ3) is 6.21. The van der Waals surface area contributed by atoms with Crippen LogP contribution >= 0.6 is 0 Å². The summed E-state index contributed by atoms with van der Waals surface area (Å²) in [4.78, 5) is 15.7. The molecule has 0 saturated carbocycles. The Hall–Kier alpha value is -3.60. The van der Waals surface area contributed by atoms with Crippen LogP contribution in [-0.2, 0) is 22.5 Å². The maximum absolute atomic E-state index is 10.7. The molecule has 0 radical (unpaired) electrons. The molecule has 0 fully saturated rings. The number of carboxylic acids is 1. The lowest BCUT2D eigenvalue weighted by atomic mass is 9.99. The minimum absolute atomic E-state index is 0.153. The SMILES string of the molecule is CO/N=C(/c1ccccc1)c1cccc(CCNc2ccc(CCC(=O)O)cc2)c1. The Kier molecular flexibility index (Phi) is 7.61. The normalized spacial score (nSPS) is 11.2. The van der Waals surface area contributed by atoms with Gasteiger partial charge in [0.2, 0.25) is 0 Å². The standard InChI is InChI=1S/C25H26N2O3/c1-30-27-25(21-7-3-2-4-8-21)22-9-5-6-20(18-22)16-17-26-23-13-10-19(11-14-23)12-15-24(28)29/h2-11,13-14,18,26H,12,15-17H2,1H3,(H,28,29)/b27-25-. The molecule has 0 atom stereocenters. The molecule has 0 unspecified atom stereocenters. The molecule has 0 spiro atoms. The number of carbonyl (C=O) groups is 1. The average Bonchev–Trinajstić information content (AvgIpc) is 2.78. The third-order valence-electron chi connectivity index (χ3n) is 4.75. The summed E-state index contributed by atoms with van der Waals surface area (Å²) < 4.78 is 0. The highest BCUT2D eigenvalue weighted by Crippen LogP contribution is 2.15. The topological polar surface area (TPSA) is 70.9 Å². The second-order valence-corrected chi connectivity index (χ2v) is 6.96. The number of rotatable bonds is 10. The first-order valence-corrected chi connectivity index (χ1v) is 9.96. The molecule has 0 bridgehead atoms. The molecule has 154 valence electrons. The third-order valence-corrected chi connectivity index (χ3v) is 4.75. The van der Waals surface area contributed by atoms with E-state index in [1.54, 1.807) is 7.11 Å². The van der Waals surface area contributed by atoms with E-state index in [-0.39, 0.29) is 6.42 Å². The summed E-state index contributed by atoms with van der Waals surface area (Å²) in [5.74, 6) is -0.773. The van der Waals surface area contributed by atoms with Gasteiger partial charge in [-0.1, -0.05) is 65.8 Å². The molecule has 5 nitrogen and oxygen atoms in total. The fourth-order valence-electron chi connectivity index (χ4n) is 3.23. The highest BCUT2D eigenvalue weighted by molar-refractivity contribution is 6.12. The van der Waals surface area contributed by atoms with Gasteiger partial charge in [-0.2, -0.15) is 0 Å². The molecule has 0 aromatic heterocycles. The molecule has 0 aliphatic carbocycles. The average molecular weight is 402 g/mol. The van der Waals surface area contributed by atoms with E-state index in [0.717, 1.165) is 41.1 Å². The zero-order valence-corrected chi connectivity index (χ0v) is 17.0. The number of nitrogens with one attached hydrogen (secondary N) is 1. The van der Waals surface area contributed by atoms with E-state index in [1.807, 2.05) is 66.7 Å². The zero-order valence-electron chi connectivity index (χ0n) is 17.0. The van der Waals surface area contributed by atoms with E-state index in [0.29, 0.717) is 6.42 Å². The number of benzene rings is 3. The first kappa shape index (κ1) is 21.1. The van der Waals surface area contributed by atoms with Crippen molar-refractivity contribution < 1.29 is 14.7 Å². The highest BCUT2D eigenvalue weighted by atomic mass is 16.6. The number of nitrogens with zero attached hydrogens (tertiary/aromatic N) is 1. The number of oxime groups is 1. The highest BCUT2D eigenvalue weighted by Gasteiger charge is 2.08. The smallest absolute Gasteiger partial charge is 0.303 e. The summed E-state index contributed by atoms with van der Waals surface area (Å²) >= 11 is 0. The first-order chi connectivity index (χ1) is 14.7. The predicted molar refractivity (Wildman–Crippen MR) is 120 cm³/mol. The maximum atomic E-state index is 10.7.